The molecule has 0 spiro atoms. The van der Waals surface area contributed by atoms with Crippen molar-refractivity contribution < 1.29 is 13.5 Å². The van der Waals surface area contributed by atoms with E-state index in [4.69, 9.17) is 0 Å². The lowest BCUT2D eigenvalue weighted by molar-refractivity contribution is 0.136. The second kappa shape index (κ2) is 2.95. The van der Waals surface area contributed by atoms with Crippen LogP contribution in [0.5, 0.6) is 0 Å². The van der Waals surface area contributed by atoms with Gasteiger partial charge in [-0.15, -0.1) is 0 Å². The van der Waals surface area contributed by atoms with Gasteiger partial charge in [-0.25, -0.2) is 8.42 Å². The van der Waals surface area contributed by atoms with Gasteiger partial charge >= 0.3 is 0 Å². The summed E-state index contributed by atoms with van der Waals surface area (Å²) in [7, 11) is -2.99. The minimum Gasteiger partial charge on any atom is -0.392 e. The second-order valence-corrected chi connectivity index (χ2v) is 4.73. The molecule has 0 radical (unpaired) electrons. The third-order valence-corrected chi connectivity index (χ3v) is 3.29. The standard InChI is InChI=1S/C7H12O3S/c1-2-7(8)6-3-4-11(9,10)5-6/h3-4,6-8H,2,5H2,1H3. The van der Waals surface area contributed by atoms with Crippen LogP contribution in [0.3, 0.4) is 0 Å². The van der Waals surface area contributed by atoms with Crippen molar-refractivity contribution in [3.05, 3.63) is 11.5 Å². The number of rotatable bonds is 2. The zero-order chi connectivity index (χ0) is 8.48. The Morgan fingerprint density at radius 1 is 1.73 bits per heavy atom. The maximum Gasteiger partial charge on any atom is 0.171 e. The molecule has 0 saturated heterocycles. The van der Waals surface area contributed by atoms with Crippen LogP contribution < -0.4 is 0 Å². The molecule has 1 aliphatic heterocycles. The Balaban J connectivity index is 2.64. The largest absolute Gasteiger partial charge is 0.392 e. The molecule has 1 N–H and O–H groups in total. The van der Waals surface area contributed by atoms with E-state index in [0.29, 0.717) is 6.42 Å². The molecule has 1 rings (SSSR count). The third-order valence-electron chi connectivity index (χ3n) is 1.87. The Kier molecular flexibility index (Phi) is 2.34. The van der Waals surface area contributed by atoms with Crippen molar-refractivity contribution in [2.75, 3.05) is 5.75 Å². The van der Waals surface area contributed by atoms with E-state index in [1.165, 1.54) is 5.41 Å². The number of aliphatic hydroxyl groups is 1. The highest BCUT2D eigenvalue weighted by Crippen LogP contribution is 2.19. The molecule has 0 saturated carbocycles. The Morgan fingerprint density at radius 3 is 2.73 bits per heavy atom. The van der Waals surface area contributed by atoms with Crippen LogP contribution in [0.4, 0.5) is 0 Å². The van der Waals surface area contributed by atoms with E-state index < -0.39 is 15.9 Å². The summed E-state index contributed by atoms with van der Waals surface area (Å²) in [5, 5.41) is 10.5. The lowest BCUT2D eigenvalue weighted by Crippen LogP contribution is -2.20. The monoisotopic (exact) mass is 176 g/mol. The molecule has 4 heteroatoms. The van der Waals surface area contributed by atoms with Gasteiger partial charge in [-0.05, 0) is 6.42 Å². The maximum atomic E-state index is 10.9. The van der Waals surface area contributed by atoms with Crippen molar-refractivity contribution in [3.63, 3.8) is 0 Å². The van der Waals surface area contributed by atoms with Gasteiger partial charge in [0.2, 0.25) is 0 Å². The first kappa shape index (κ1) is 8.74. The SMILES string of the molecule is CCC(O)C1C=CS(=O)(=O)C1. The molecule has 3 nitrogen and oxygen atoms in total. The van der Waals surface area contributed by atoms with E-state index in [1.54, 1.807) is 6.08 Å². The van der Waals surface area contributed by atoms with Gasteiger partial charge in [0.25, 0.3) is 0 Å². The lowest BCUT2D eigenvalue weighted by atomic mass is 10.0. The van der Waals surface area contributed by atoms with Gasteiger partial charge in [0, 0.05) is 11.3 Å². The van der Waals surface area contributed by atoms with Gasteiger partial charge in [-0.2, -0.15) is 0 Å². The lowest BCUT2D eigenvalue weighted by Gasteiger charge is -2.12. The van der Waals surface area contributed by atoms with Crippen LogP contribution in [0.1, 0.15) is 13.3 Å². The Bertz CT molecular complexity index is 253. The molecular formula is C7H12O3S. The van der Waals surface area contributed by atoms with Crippen LogP contribution in [0.15, 0.2) is 11.5 Å². The minimum atomic E-state index is -2.99. The molecule has 0 amide bonds. The normalized spacial score (nSPS) is 30.5. The smallest absolute Gasteiger partial charge is 0.171 e. The van der Waals surface area contributed by atoms with Gasteiger partial charge < -0.3 is 5.11 Å². The molecular weight excluding hydrogens is 164 g/mol. The molecule has 2 atom stereocenters. The minimum absolute atomic E-state index is 0.0714. The van der Waals surface area contributed by atoms with Crippen LogP contribution in [-0.4, -0.2) is 25.4 Å². The maximum absolute atomic E-state index is 10.9. The van der Waals surface area contributed by atoms with E-state index >= 15 is 0 Å². The van der Waals surface area contributed by atoms with Gasteiger partial charge in [0.1, 0.15) is 0 Å². The molecule has 0 bridgehead atoms. The molecule has 2 unspecified atom stereocenters. The average molecular weight is 176 g/mol. The van der Waals surface area contributed by atoms with Crippen molar-refractivity contribution in [1.82, 2.24) is 0 Å². The zero-order valence-corrected chi connectivity index (χ0v) is 7.21. The van der Waals surface area contributed by atoms with Crippen LogP contribution in [0.25, 0.3) is 0 Å². The molecule has 11 heavy (non-hydrogen) atoms. The van der Waals surface area contributed by atoms with Crippen molar-refractivity contribution in [2.45, 2.75) is 19.4 Å². The summed E-state index contributed by atoms with van der Waals surface area (Å²) < 4.78 is 21.7. The molecule has 1 aliphatic rings. The number of aliphatic hydroxyl groups excluding tert-OH is 1. The molecule has 0 aromatic heterocycles. The summed E-state index contributed by atoms with van der Waals surface area (Å²) in [6.45, 7) is 1.84. The van der Waals surface area contributed by atoms with Gasteiger partial charge in [0.15, 0.2) is 9.84 Å². The fourth-order valence-corrected chi connectivity index (χ4v) is 2.56. The molecule has 0 fully saturated rings. The number of hydrogen-bond donors (Lipinski definition) is 1. The summed E-state index contributed by atoms with van der Waals surface area (Å²) in [6, 6.07) is 0. The van der Waals surface area contributed by atoms with Crippen molar-refractivity contribution in [1.29, 1.82) is 0 Å². The highest BCUT2D eigenvalue weighted by Gasteiger charge is 2.26. The predicted molar refractivity (Wildman–Crippen MR) is 42.7 cm³/mol. The van der Waals surface area contributed by atoms with E-state index in [-0.39, 0.29) is 11.7 Å². The molecule has 1 heterocycles. The first-order chi connectivity index (χ1) is 5.05. The van der Waals surface area contributed by atoms with E-state index in [0.717, 1.165) is 0 Å². The summed E-state index contributed by atoms with van der Waals surface area (Å²) in [5.74, 6) is -0.118. The van der Waals surface area contributed by atoms with Crippen LogP contribution in [0.2, 0.25) is 0 Å². The van der Waals surface area contributed by atoms with Gasteiger partial charge in [-0.3, -0.25) is 0 Å². The summed E-state index contributed by atoms with van der Waals surface area (Å²) in [6.07, 6.45) is 1.66. The summed E-state index contributed by atoms with van der Waals surface area (Å²) in [5.41, 5.74) is 0. The Hall–Kier alpha value is -0.350. The predicted octanol–water partition coefficient (Wildman–Crippen LogP) is 0.316. The molecule has 64 valence electrons. The van der Waals surface area contributed by atoms with E-state index in [2.05, 4.69) is 0 Å². The Morgan fingerprint density at radius 2 is 2.36 bits per heavy atom. The molecule has 0 aromatic carbocycles. The number of sulfone groups is 1. The fraction of sp³-hybridized carbons (Fsp3) is 0.714. The van der Waals surface area contributed by atoms with E-state index in [1.807, 2.05) is 6.92 Å². The number of hydrogen-bond acceptors (Lipinski definition) is 3. The van der Waals surface area contributed by atoms with E-state index in [9.17, 15) is 13.5 Å². The Labute approximate surface area is 66.7 Å². The van der Waals surface area contributed by atoms with Crippen molar-refractivity contribution in [2.24, 2.45) is 5.92 Å². The van der Waals surface area contributed by atoms with Crippen LogP contribution >= 0.6 is 0 Å². The summed E-state index contributed by atoms with van der Waals surface area (Å²) >= 11 is 0. The fourth-order valence-electron chi connectivity index (χ4n) is 1.14. The van der Waals surface area contributed by atoms with Gasteiger partial charge in [-0.1, -0.05) is 13.0 Å². The van der Waals surface area contributed by atoms with Gasteiger partial charge in [0.05, 0.1) is 11.9 Å². The highest BCUT2D eigenvalue weighted by molar-refractivity contribution is 7.94. The van der Waals surface area contributed by atoms with Crippen LogP contribution in [-0.2, 0) is 9.84 Å². The zero-order valence-electron chi connectivity index (χ0n) is 6.40. The molecule has 0 aromatic rings. The van der Waals surface area contributed by atoms with Crippen molar-refractivity contribution >= 4 is 9.84 Å². The first-order valence-electron chi connectivity index (χ1n) is 3.64. The quantitative estimate of drug-likeness (QED) is 0.659. The average Bonchev–Trinajstić information content (AvgIpc) is 2.29. The van der Waals surface area contributed by atoms with Crippen molar-refractivity contribution in [3.8, 4) is 0 Å². The van der Waals surface area contributed by atoms with Crippen LogP contribution in [0, 0.1) is 5.92 Å². The topological polar surface area (TPSA) is 54.4 Å². The molecule has 0 aliphatic carbocycles. The third kappa shape index (κ3) is 2.04. The highest BCUT2D eigenvalue weighted by atomic mass is 32.2. The second-order valence-electron chi connectivity index (χ2n) is 2.80. The first-order valence-corrected chi connectivity index (χ1v) is 5.35. The summed E-state index contributed by atoms with van der Waals surface area (Å²) in [4.78, 5) is 0.